The molecule has 0 bridgehead atoms. The molecule has 0 radical (unpaired) electrons. The Morgan fingerprint density at radius 2 is 1.67 bits per heavy atom. The number of benzene rings is 1. The van der Waals surface area contributed by atoms with Crippen LogP contribution >= 0.6 is 0 Å². The van der Waals surface area contributed by atoms with Crippen LogP contribution in [0.15, 0.2) is 18.2 Å². The number of aromatic hydroxyl groups is 2. The molecule has 3 unspecified atom stereocenters. The number of nitrogens with one attached hydrogen (secondary N) is 1. The topological polar surface area (TPSA) is 52.5 Å². The highest BCUT2D eigenvalue weighted by atomic mass is 16.3. The van der Waals surface area contributed by atoms with Crippen molar-refractivity contribution in [1.29, 1.82) is 0 Å². The summed E-state index contributed by atoms with van der Waals surface area (Å²) >= 11 is 0. The van der Waals surface area contributed by atoms with Crippen LogP contribution in [0.2, 0.25) is 0 Å². The second-order valence-electron chi connectivity index (χ2n) is 5.25. The molecule has 3 heteroatoms. The van der Waals surface area contributed by atoms with Crippen molar-refractivity contribution in [2.24, 2.45) is 5.92 Å². The maximum absolute atomic E-state index is 9.80. The molecule has 1 aromatic carbocycles. The first kappa shape index (κ1) is 14.8. The van der Waals surface area contributed by atoms with Crippen LogP contribution in [0.3, 0.4) is 0 Å². The van der Waals surface area contributed by atoms with Crippen molar-refractivity contribution in [1.82, 2.24) is 5.32 Å². The van der Waals surface area contributed by atoms with E-state index in [4.69, 9.17) is 0 Å². The fourth-order valence-corrected chi connectivity index (χ4v) is 2.33. The molecule has 0 amide bonds. The first-order valence-corrected chi connectivity index (χ1v) is 6.72. The number of rotatable bonds is 6. The normalized spacial score (nSPS) is 16.2. The van der Waals surface area contributed by atoms with Gasteiger partial charge in [0.05, 0.1) is 5.56 Å². The molecule has 0 aliphatic carbocycles. The molecule has 1 rings (SSSR count). The van der Waals surface area contributed by atoms with E-state index in [0.717, 1.165) is 6.42 Å². The van der Waals surface area contributed by atoms with Crippen molar-refractivity contribution >= 4 is 0 Å². The third kappa shape index (κ3) is 3.91. The lowest BCUT2D eigenvalue weighted by Crippen LogP contribution is -2.30. The maximum Gasteiger partial charge on any atom is 0.124 e. The predicted molar refractivity (Wildman–Crippen MR) is 74.9 cm³/mol. The third-order valence-corrected chi connectivity index (χ3v) is 3.48. The molecular formula is C15H25NO2. The van der Waals surface area contributed by atoms with E-state index < -0.39 is 0 Å². The number of hydrogen-bond donors (Lipinski definition) is 3. The average molecular weight is 251 g/mol. The van der Waals surface area contributed by atoms with E-state index in [1.54, 1.807) is 18.2 Å². The van der Waals surface area contributed by atoms with Crippen LogP contribution in [0.1, 0.15) is 52.1 Å². The van der Waals surface area contributed by atoms with Gasteiger partial charge in [-0.1, -0.05) is 26.3 Å². The maximum atomic E-state index is 9.80. The van der Waals surface area contributed by atoms with E-state index in [0.29, 0.717) is 17.5 Å². The minimum atomic E-state index is -0.0646. The molecule has 18 heavy (non-hydrogen) atoms. The van der Waals surface area contributed by atoms with Crippen molar-refractivity contribution in [2.45, 2.75) is 52.6 Å². The molecule has 0 aliphatic rings. The first-order valence-electron chi connectivity index (χ1n) is 6.72. The number of hydrogen-bond acceptors (Lipinski definition) is 3. The summed E-state index contributed by atoms with van der Waals surface area (Å²) in [6, 6.07) is 5.14. The zero-order valence-electron chi connectivity index (χ0n) is 11.8. The molecule has 3 nitrogen and oxygen atoms in total. The Bertz CT molecular complexity index is 359. The Morgan fingerprint density at radius 1 is 1.11 bits per heavy atom. The van der Waals surface area contributed by atoms with E-state index in [1.807, 2.05) is 6.92 Å². The molecule has 3 N–H and O–H groups in total. The summed E-state index contributed by atoms with van der Waals surface area (Å²) in [5.74, 6) is 0.967. The minimum absolute atomic E-state index is 0.0646. The van der Waals surface area contributed by atoms with Crippen LogP contribution < -0.4 is 5.32 Å². The lowest BCUT2D eigenvalue weighted by Gasteiger charge is -2.23. The van der Waals surface area contributed by atoms with Gasteiger partial charge in [-0.15, -0.1) is 0 Å². The highest BCUT2D eigenvalue weighted by molar-refractivity contribution is 5.44. The van der Waals surface area contributed by atoms with Crippen LogP contribution in [-0.4, -0.2) is 16.3 Å². The summed E-state index contributed by atoms with van der Waals surface area (Å²) in [7, 11) is 0. The van der Waals surface area contributed by atoms with E-state index in [1.165, 1.54) is 6.42 Å². The predicted octanol–water partition coefficient (Wildman–Crippen LogP) is 3.57. The molecule has 0 saturated carbocycles. The van der Waals surface area contributed by atoms with E-state index in [9.17, 15) is 10.2 Å². The van der Waals surface area contributed by atoms with Crippen molar-refractivity contribution in [3.63, 3.8) is 0 Å². The summed E-state index contributed by atoms with van der Waals surface area (Å²) in [6.07, 6.45) is 2.26. The van der Waals surface area contributed by atoms with Gasteiger partial charge in [-0.05, 0) is 38.3 Å². The second kappa shape index (κ2) is 6.64. The van der Waals surface area contributed by atoms with Crippen LogP contribution in [0.4, 0.5) is 0 Å². The number of phenolic OH excluding ortho intramolecular Hbond substituents is 2. The summed E-state index contributed by atoms with van der Waals surface area (Å²) in [4.78, 5) is 0. The van der Waals surface area contributed by atoms with Gasteiger partial charge in [0.2, 0.25) is 0 Å². The molecule has 0 aromatic heterocycles. The lowest BCUT2D eigenvalue weighted by atomic mass is 9.98. The van der Waals surface area contributed by atoms with E-state index in [2.05, 4.69) is 26.1 Å². The number of phenols is 2. The van der Waals surface area contributed by atoms with Gasteiger partial charge in [-0.3, -0.25) is 0 Å². The Hall–Kier alpha value is -1.22. The summed E-state index contributed by atoms with van der Waals surface area (Å²) < 4.78 is 0. The van der Waals surface area contributed by atoms with Crippen LogP contribution in [0.5, 0.6) is 11.5 Å². The summed E-state index contributed by atoms with van der Waals surface area (Å²) in [5, 5.41) is 23.0. The fraction of sp³-hybridized carbons (Fsp3) is 0.600. The van der Waals surface area contributed by atoms with Gasteiger partial charge in [0.25, 0.3) is 0 Å². The fourth-order valence-electron chi connectivity index (χ4n) is 2.33. The third-order valence-electron chi connectivity index (χ3n) is 3.48. The molecule has 0 saturated heterocycles. The van der Waals surface area contributed by atoms with Crippen molar-refractivity contribution in [3.8, 4) is 11.5 Å². The van der Waals surface area contributed by atoms with E-state index >= 15 is 0 Å². The smallest absolute Gasteiger partial charge is 0.124 e. The van der Waals surface area contributed by atoms with Crippen molar-refractivity contribution in [3.05, 3.63) is 23.8 Å². The highest BCUT2D eigenvalue weighted by Crippen LogP contribution is 2.32. The van der Waals surface area contributed by atoms with Gasteiger partial charge in [0.1, 0.15) is 11.5 Å². The van der Waals surface area contributed by atoms with Crippen molar-refractivity contribution < 1.29 is 10.2 Å². The second-order valence-corrected chi connectivity index (χ2v) is 5.25. The Kier molecular flexibility index (Phi) is 5.48. The minimum Gasteiger partial charge on any atom is -0.507 e. The van der Waals surface area contributed by atoms with Gasteiger partial charge in [0, 0.05) is 12.1 Å². The molecule has 1 aromatic rings. The summed E-state index contributed by atoms with van der Waals surface area (Å²) in [5.41, 5.74) is 0.577. The molecular weight excluding hydrogens is 226 g/mol. The van der Waals surface area contributed by atoms with Gasteiger partial charge in [0.15, 0.2) is 0 Å². The monoisotopic (exact) mass is 251 g/mol. The van der Waals surface area contributed by atoms with Crippen LogP contribution in [0.25, 0.3) is 0 Å². The van der Waals surface area contributed by atoms with Crippen LogP contribution in [0, 0.1) is 5.92 Å². The molecule has 0 spiro atoms. The highest BCUT2D eigenvalue weighted by Gasteiger charge is 2.17. The molecule has 102 valence electrons. The Morgan fingerprint density at radius 3 is 2.17 bits per heavy atom. The van der Waals surface area contributed by atoms with Gasteiger partial charge < -0.3 is 15.5 Å². The largest absolute Gasteiger partial charge is 0.507 e. The zero-order chi connectivity index (χ0) is 13.7. The van der Waals surface area contributed by atoms with Gasteiger partial charge in [-0.2, -0.15) is 0 Å². The molecule has 3 atom stereocenters. The van der Waals surface area contributed by atoms with Gasteiger partial charge in [-0.25, -0.2) is 0 Å². The molecule has 0 aliphatic heterocycles. The average Bonchev–Trinajstić information content (AvgIpc) is 2.28. The standard InChI is InChI=1S/C15H25NO2/c1-5-10(2)9-11(3)16-12(4)15-13(17)7-6-8-14(15)18/h6-8,10-12,16-18H,5,9H2,1-4H3. The lowest BCUT2D eigenvalue weighted by molar-refractivity contribution is 0.367. The van der Waals surface area contributed by atoms with Crippen LogP contribution in [-0.2, 0) is 0 Å². The van der Waals surface area contributed by atoms with Crippen molar-refractivity contribution in [2.75, 3.05) is 0 Å². The van der Waals surface area contributed by atoms with Gasteiger partial charge >= 0.3 is 0 Å². The Labute approximate surface area is 110 Å². The molecule has 0 fully saturated rings. The first-order chi connectivity index (χ1) is 8.45. The van der Waals surface area contributed by atoms with E-state index in [-0.39, 0.29) is 17.5 Å². The summed E-state index contributed by atoms with van der Waals surface area (Å²) in [6.45, 7) is 8.53. The molecule has 0 heterocycles. The Balaban J connectivity index is 2.67. The zero-order valence-corrected chi connectivity index (χ0v) is 11.8. The quantitative estimate of drug-likeness (QED) is 0.724. The SMILES string of the molecule is CCC(C)CC(C)NC(C)c1c(O)cccc1O.